The molecule has 6 nitrogen and oxygen atoms in total. The third-order valence-corrected chi connectivity index (χ3v) is 3.96. The molecule has 0 saturated carbocycles. The Bertz CT molecular complexity index is 754. The lowest BCUT2D eigenvalue weighted by Gasteiger charge is -2.12. The van der Waals surface area contributed by atoms with Crippen LogP contribution in [0.3, 0.4) is 0 Å². The van der Waals surface area contributed by atoms with E-state index >= 15 is 0 Å². The summed E-state index contributed by atoms with van der Waals surface area (Å²) in [5, 5.41) is 6.80. The number of carbonyl (C=O) groups is 1. The van der Waals surface area contributed by atoms with Gasteiger partial charge in [0.25, 0.3) is 5.91 Å². The van der Waals surface area contributed by atoms with Gasteiger partial charge in [0, 0.05) is 18.5 Å². The topological polar surface area (TPSA) is 77.1 Å². The largest absolute Gasteiger partial charge is 0.427 e. The van der Waals surface area contributed by atoms with Crippen molar-refractivity contribution in [2.75, 3.05) is 5.32 Å². The summed E-state index contributed by atoms with van der Waals surface area (Å²) in [6.45, 7) is 7.69. The Hall–Kier alpha value is -2.37. The molecule has 2 aromatic rings. The van der Waals surface area contributed by atoms with Gasteiger partial charge in [-0.3, -0.25) is 9.48 Å². The Labute approximate surface area is 135 Å². The molecule has 0 aromatic carbocycles. The summed E-state index contributed by atoms with van der Waals surface area (Å²) in [5.41, 5.74) is 0.894. The van der Waals surface area contributed by atoms with Crippen LogP contribution in [0, 0.1) is 13.8 Å². The number of nitrogens with one attached hydrogen (secondary N) is 1. The van der Waals surface area contributed by atoms with Crippen molar-refractivity contribution in [3.05, 3.63) is 45.1 Å². The highest BCUT2D eigenvalue weighted by Crippen LogP contribution is 2.21. The van der Waals surface area contributed by atoms with E-state index in [4.69, 9.17) is 4.42 Å². The normalized spacial score (nSPS) is 12.2. The van der Waals surface area contributed by atoms with Crippen LogP contribution in [0.4, 0.5) is 5.82 Å². The van der Waals surface area contributed by atoms with Crippen LogP contribution in [0.15, 0.2) is 21.5 Å². The number of carbonyl (C=O) groups excluding carboxylic acids is 1. The predicted octanol–water partition coefficient (Wildman–Crippen LogP) is 3.15. The van der Waals surface area contributed by atoms with Crippen LogP contribution in [0.2, 0.25) is 0 Å². The van der Waals surface area contributed by atoms with Crippen LogP contribution < -0.4 is 10.9 Å². The zero-order chi connectivity index (χ0) is 17.1. The molecule has 0 fully saturated rings. The van der Waals surface area contributed by atoms with Gasteiger partial charge in [-0.2, -0.15) is 5.10 Å². The molecule has 124 valence electrons. The standard InChI is InChI=1S/C17H23N3O3/c1-6-7-10(2)13-8-11(3)14(17(22)23-13)16(21)19-15-12(4)9-18-20(15)5/h8-10H,6-7H2,1-5H3,(H,19,21). The molecule has 0 bridgehead atoms. The number of nitrogens with zero attached hydrogens (tertiary/aromatic N) is 2. The van der Waals surface area contributed by atoms with E-state index < -0.39 is 11.5 Å². The number of anilines is 1. The van der Waals surface area contributed by atoms with Gasteiger partial charge in [0.15, 0.2) is 0 Å². The van der Waals surface area contributed by atoms with Gasteiger partial charge in [-0.25, -0.2) is 4.79 Å². The Kier molecular flexibility index (Phi) is 5.03. The van der Waals surface area contributed by atoms with Gasteiger partial charge in [-0.15, -0.1) is 0 Å². The van der Waals surface area contributed by atoms with Crippen LogP contribution >= 0.6 is 0 Å². The maximum absolute atomic E-state index is 12.5. The van der Waals surface area contributed by atoms with Crippen LogP contribution in [0.1, 0.15) is 59.9 Å². The van der Waals surface area contributed by atoms with Crippen molar-refractivity contribution in [3.63, 3.8) is 0 Å². The van der Waals surface area contributed by atoms with E-state index in [1.54, 1.807) is 30.9 Å². The van der Waals surface area contributed by atoms with E-state index in [9.17, 15) is 9.59 Å². The Morgan fingerprint density at radius 3 is 2.61 bits per heavy atom. The molecule has 0 spiro atoms. The average molecular weight is 317 g/mol. The second-order valence-electron chi connectivity index (χ2n) is 5.94. The van der Waals surface area contributed by atoms with Crippen LogP contribution in [0.5, 0.6) is 0 Å². The van der Waals surface area contributed by atoms with Crippen molar-refractivity contribution < 1.29 is 9.21 Å². The van der Waals surface area contributed by atoms with Crippen LogP contribution in [-0.2, 0) is 7.05 Å². The highest BCUT2D eigenvalue weighted by molar-refractivity contribution is 6.04. The molecule has 1 N–H and O–H groups in total. The lowest BCUT2D eigenvalue weighted by molar-refractivity contribution is 0.102. The zero-order valence-electron chi connectivity index (χ0n) is 14.3. The average Bonchev–Trinajstić information content (AvgIpc) is 2.78. The van der Waals surface area contributed by atoms with Gasteiger partial charge in [0.2, 0.25) is 0 Å². The Morgan fingerprint density at radius 1 is 1.39 bits per heavy atom. The third-order valence-electron chi connectivity index (χ3n) is 3.96. The molecule has 2 aromatic heterocycles. The molecular weight excluding hydrogens is 294 g/mol. The monoisotopic (exact) mass is 317 g/mol. The minimum atomic E-state index is -0.597. The highest BCUT2D eigenvalue weighted by atomic mass is 16.4. The second kappa shape index (κ2) is 6.81. The quantitative estimate of drug-likeness (QED) is 0.919. The minimum Gasteiger partial charge on any atom is -0.427 e. The predicted molar refractivity (Wildman–Crippen MR) is 88.9 cm³/mol. The summed E-state index contributed by atoms with van der Waals surface area (Å²) in [6.07, 6.45) is 3.59. The van der Waals surface area contributed by atoms with Gasteiger partial charge in [-0.05, 0) is 31.9 Å². The Morgan fingerprint density at radius 2 is 2.09 bits per heavy atom. The fraction of sp³-hybridized carbons (Fsp3) is 0.471. The fourth-order valence-electron chi connectivity index (χ4n) is 2.62. The molecule has 0 aliphatic carbocycles. The molecule has 2 rings (SSSR count). The summed E-state index contributed by atoms with van der Waals surface area (Å²) in [6, 6.07) is 1.78. The zero-order valence-corrected chi connectivity index (χ0v) is 14.3. The molecule has 0 saturated heterocycles. The highest BCUT2D eigenvalue weighted by Gasteiger charge is 2.20. The molecule has 1 amide bonds. The first-order valence-corrected chi connectivity index (χ1v) is 7.79. The van der Waals surface area contributed by atoms with Crippen molar-refractivity contribution in [2.24, 2.45) is 7.05 Å². The third kappa shape index (κ3) is 3.52. The van der Waals surface area contributed by atoms with Gasteiger partial charge in [-0.1, -0.05) is 20.3 Å². The van der Waals surface area contributed by atoms with E-state index in [2.05, 4.69) is 17.3 Å². The molecule has 6 heteroatoms. The van der Waals surface area contributed by atoms with E-state index in [1.807, 2.05) is 13.8 Å². The first-order valence-electron chi connectivity index (χ1n) is 7.79. The van der Waals surface area contributed by atoms with Crippen molar-refractivity contribution in [1.82, 2.24) is 9.78 Å². The Balaban J connectivity index is 2.33. The van der Waals surface area contributed by atoms with E-state index in [0.717, 1.165) is 18.4 Å². The number of rotatable bonds is 5. The van der Waals surface area contributed by atoms with Crippen molar-refractivity contribution >= 4 is 11.7 Å². The SMILES string of the molecule is CCCC(C)c1cc(C)c(C(=O)Nc2c(C)cnn2C)c(=O)o1. The number of hydrogen-bond acceptors (Lipinski definition) is 4. The number of aryl methyl sites for hydroxylation is 3. The first kappa shape index (κ1) is 17.0. The molecule has 1 unspecified atom stereocenters. The van der Waals surface area contributed by atoms with Crippen molar-refractivity contribution in [1.29, 1.82) is 0 Å². The van der Waals surface area contributed by atoms with E-state index in [-0.39, 0.29) is 11.5 Å². The van der Waals surface area contributed by atoms with Gasteiger partial charge < -0.3 is 9.73 Å². The van der Waals surface area contributed by atoms with Gasteiger partial charge in [0.05, 0.1) is 6.20 Å². The number of amides is 1. The maximum atomic E-state index is 12.5. The summed E-state index contributed by atoms with van der Waals surface area (Å²) >= 11 is 0. The molecule has 2 heterocycles. The van der Waals surface area contributed by atoms with Gasteiger partial charge >= 0.3 is 5.63 Å². The molecule has 0 radical (unpaired) electrons. The minimum absolute atomic E-state index is 0.0399. The summed E-state index contributed by atoms with van der Waals surface area (Å²) < 4.78 is 6.92. The van der Waals surface area contributed by atoms with Crippen molar-refractivity contribution in [2.45, 2.75) is 46.5 Å². The summed E-state index contributed by atoms with van der Waals surface area (Å²) in [7, 11) is 1.73. The first-order chi connectivity index (χ1) is 10.8. The number of aromatic nitrogens is 2. The van der Waals surface area contributed by atoms with E-state index in [1.165, 1.54) is 0 Å². The molecule has 23 heavy (non-hydrogen) atoms. The molecule has 1 atom stereocenters. The molecule has 0 aliphatic rings. The molecule has 0 aliphatic heterocycles. The summed E-state index contributed by atoms with van der Waals surface area (Å²) in [4.78, 5) is 24.7. The fourth-order valence-corrected chi connectivity index (χ4v) is 2.62. The molecular formula is C17H23N3O3. The number of hydrogen-bond donors (Lipinski definition) is 1. The van der Waals surface area contributed by atoms with Crippen LogP contribution in [-0.4, -0.2) is 15.7 Å². The van der Waals surface area contributed by atoms with Crippen LogP contribution in [0.25, 0.3) is 0 Å². The lowest BCUT2D eigenvalue weighted by Crippen LogP contribution is -2.24. The second-order valence-corrected chi connectivity index (χ2v) is 5.94. The van der Waals surface area contributed by atoms with Gasteiger partial charge in [0.1, 0.15) is 17.1 Å². The lowest BCUT2D eigenvalue weighted by atomic mass is 10.0. The van der Waals surface area contributed by atoms with E-state index in [0.29, 0.717) is 17.1 Å². The smallest absolute Gasteiger partial charge is 0.349 e. The summed E-state index contributed by atoms with van der Waals surface area (Å²) in [5.74, 6) is 0.875. The van der Waals surface area contributed by atoms with Crippen molar-refractivity contribution in [3.8, 4) is 0 Å². The maximum Gasteiger partial charge on any atom is 0.349 e.